The smallest absolute Gasteiger partial charge is 0.355 e. The van der Waals surface area contributed by atoms with E-state index in [2.05, 4.69) is 10.2 Å². The highest BCUT2D eigenvalue weighted by atomic mass is 16.5. The summed E-state index contributed by atoms with van der Waals surface area (Å²) in [6, 6.07) is 9.31. The van der Waals surface area contributed by atoms with Gasteiger partial charge in [0.25, 0.3) is 0 Å². The van der Waals surface area contributed by atoms with Crippen molar-refractivity contribution in [1.29, 1.82) is 0 Å². The summed E-state index contributed by atoms with van der Waals surface area (Å²) in [6.07, 6.45) is 8.25. The van der Waals surface area contributed by atoms with E-state index in [1.807, 2.05) is 30.3 Å². The average Bonchev–Trinajstić information content (AvgIpc) is 3.13. The van der Waals surface area contributed by atoms with Gasteiger partial charge in [0.15, 0.2) is 0 Å². The van der Waals surface area contributed by atoms with Crippen LogP contribution in [0.15, 0.2) is 72.2 Å². The number of nitrogens with zero attached hydrogens (tertiary/aromatic N) is 2. The predicted octanol–water partition coefficient (Wildman–Crippen LogP) is 2.57. The third kappa shape index (κ3) is 3.27. The van der Waals surface area contributed by atoms with Crippen LogP contribution in [0.1, 0.15) is 0 Å². The van der Waals surface area contributed by atoms with Crippen molar-refractivity contribution in [3.63, 3.8) is 0 Å². The quantitative estimate of drug-likeness (QED) is 0.852. The molecular weight excluding hydrogens is 334 g/mol. The van der Waals surface area contributed by atoms with Crippen LogP contribution >= 0.6 is 0 Å². The van der Waals surface area contributed by atoms with Crippen LogP contribution in [-0.2, 0) is 19.1 Å². The van der Waals surface area contributed by atoms with Crippen molar-refractivity contribution < 1.29 is 19.1 Å². The molecule has 7 heteroatoms. The van der Waals surface area contributed by atoms with Crippen LogP contribution in [0.5, 0.6) is 0 Å². The van der Waals surface area contributed by atoms with Crippen molar-refractivity contribution in [2.24, 2.45) is 0 Å². The topological polar surface area (TPSA) is 84.5 Å². The summed E-state index contributed by atoms with van der Waals surface area (Å²) in [7, 11) is 2.53. The van der Waals surface area contributed by atoms with Crippen molar-refractivity contribution in [3.8, 4) is 11.3 Å². The van der Waals surface area contributed by atoms with Crippen LogP contribution in [0.2, 0.25) is 0 Å². The van der Waals surface area contributed by atoms with Gasteiger partial charge in [-0.05, 0) is 30.4 Å². The van der Waals surface area contributed by atoms with Gasteiger partial charge in [-0.25, -0.2) is 9.59 Å². The maximum absolute atomic E-state index is 12.4. The fraction of sp³-hybridized carbons (Fsp3) is 0.105. The number of ether oxygens (including phenoxy) is 2. The molecule has 132 valence electrons. The van der Waals surface area contributed by atoms with Gasteiger partial charge < -0.3 is 14.4 Å². The molecule has 1 aromatic carbocycles. The van der Waals surface area contributed by atoms with E-state index in [1.165, 1.54) is 20.3 Å². The first-order valence-corrected chi connectivity index (χ1v) is 7.80. The summed E-state index contributed by atoms with van der Waals surface area (Å²) >= 11 is 0. The molecule has 1 aromatic heterocycles. The molecule has 2 heterocycles. The molecule has 0 aliphatic carbocycles. The number of rotatable bonds is 4. The lowest BCUT2D eigenvalue weighted by molar-refractivity contribution is -0.139. The van der Waals surface area contributed by atoms with E-state index in [1.54, 1.807) is 29.4 Å². The van der Waals surface area contributed by atoms with Crippen molar-refractivity contribution >= 4 is 17.6 Å². The molecule has 2 aromatic rings. The van der Waals surface area contributed by atoms with Crippen molar-refractivity contribution in [3.05, 3.63) is 72.2 Å². The van der Waals surface area contributed by atoms with E-state index >= 15 is 0 Å². The summed E-state index contributed by atoms with van der Waals surface area (Å²) in [4.78, 5) is 26.2. The van der Waals surface area contributed by atoms with E-state index in [-0.39, 0.29) is 11.3 Å². The SMILES string of the molecule is COC(=O)C1=C(C(=O)OC)N(c2cccc(-c3ccn[nH]3)c2)C=CC=C1. The highest BCUT2D eigenvalue weighted by molar-refractivity contribution is 6.05. The number of carbonyl (C=O) groups excluding carboxylic acids is 2. The highest BCUT2D eigenvalue weighted by Gasteiger charge is 2.27. The molecular formula is C19H17N3O4. The highest BCUT2D eigenvalue weighted by Crippen LogP contribution is 2.29. The molecule has 0 radical (unpaired) electrons. The lowest BCUT2D eigenvalue weighted by Crippen LogP contribution is -2.26. The number of hydrogen-bond acceptors (Lipinski definition) is 6. The summed E-state index contributed by atoms with van der Waals surface area (Å²) in [6.45, 7) is 0. The van der Waals surface area contributed by atoms with E-state index in [0.717, 1.165) is 11.3 Å². The van der Waals surface area contributed by atoms with Gasteiger partial charge in [-0.2, -0.15) is 5.10 Å². The number of hydrogen-bond donors (Lipinski definition) is 1. The number of nitrogens with one attached hydrogen (secondary N) is 1. The molecule has 26 heavy (non-hydrogen) atoms. The molecule has 1 aliphatic heterocycles. The number of carbonyl (C=O) groups is 2. The van der Waals surface area contributed by atoms with Crippen LogP contribution in [0.3, 0.4) is 0 Å². The zero-order valence-corrected chi connectivity index (χ0v) is 14.3. The first-order valence-electron chi connectivity index (χ1n) is 7.80. The Morgan fingerprint density at radius 3 is 2.58 bits per heavy atom. The van der Waals surface area contributed by atoms with E-state index in [0.29, 0.717) is 5.69 Å². The zero-order valence-electron chi connectivity index (χ0n) is 14.3. The molecule has 7 nitrogen and oxygen atoms in total. The average molecular weight is 351 g/mol. The van der Waals surface area contributed by atoms with Gasteiger partial charge in [0.05, 0.1) is 25.5 Å². The second-order valence-electron chi connectivity index (χ2n) is 5.34. The summed E-state index contributed by atoms with van der Waals surface area (Å²) in [5.41, 5.74) is 2.58. The monoisotopic (exact) mass is 351 g/mol. The second kappa shape index (κ2) is 7.52. The van der Waals surface area contributed by atoms with Crippen molar-refractivity contribution in [2.75, 3.05) is 19.1 Å². The Kier molecular flexibility index (Phi) is 4.98. The fourth-order valence-corrected chi connectivity index (χ4v) is 2.61. The minimum Gasteiger partial charge on any atom is -0.465 e. The number of anilines is 1. The summed E-state index contributed by atoms with van der Waals surface area (Å²) < 4.78 is 9.71. The largest absolute Gasteiger partial charge is 0.465 e. The van der Waals surface area contributed by atoms with Gasteiger partial charge in [-0.15, -0.1) is 0 Å². The fourth-order valence-electron chi connectivity index (χ4n) is 2.61. The number of aromatic amines is 1. The second-order valence-corrected chi connectivity index (χ2v) is 5.34. The number of methoxy groups -OCH3 is 2. The Labute approximate surface area is 150 Å². The van der Waals surface area contributed by atoms with Gasteiger partial charge in [0.1, 0.15) is 5.70 Å². The molecule has 1 aliphatic rings. The Bertz CT molecular complexity index is 911. The third-order valence-electron chi connectivity index (χ3n) is 3.83. The molecule has 0 saturated heterocycles. The number of allylic oxidation sites excluding steroid dienone is 2. The molecule has 0 unspecified atom stereocenters. The standard InChI is InChI=1S/C19H17N3O4/c1-25-18(23)15-8-3-4-11-22(17(15)19(24)26-2)14-7-5-6-13(12-14)16-9-10-20-21-16/h3-12H,1-2H3,(H,20,21). The van der Waals surface area contributed by atoms with E-state index in [4.69, 9.17) is 9.47 Å². The lowest BCUT2D eigenvalue weighted by atomic mass is 10.1. The minimum atomic E-state index is -0.645. The Morgan fingerprint density at radius 1 is 1.08 bits per heavy atom. The minimum absolute atomic E-state index is 0.0751. The van der Waals surface area contributed by atoms with Crippen molar-refractivity contribution in [1.82, 2.24) is 10.2 Å². The van der Waals surface area contributed by atoms with Gasteiger partial charge in [0.2, 0.25) is 0 Å². The molecule has 3 rings (SSSR count). The maximum Gasteiger partial charge on any atom is 0.355 e. The van der Waals surface area contributed by atoms with Crippen LogP contribution in [-0.4, -0.2) is 36.4 Å². The molecule has 0 saturated carbocycles. The van der Waals surface area contributed by atoms with Crippen LogP contribution < -0.4 is 4.90 Å². The van der Waals surface area contributed by atoms with Gasteiger partial charge in [-0.3, -0.25) is 5.10 Å². The van der Waals surface area contributed by atoms with Crippen LogP contribution in [0.4, 0.5) is 5.69 Å². The summed E-state index contributed by atoms with van der Waals surface area (Å²) in [5, 5.41) is 6.85. The molecule has 0 atom stereocenters. The zero-order chi connectivity index (χ0) is 18.5. The number of esters is 2. The third-order valence-corrected chi connectivity index (χ3v) is 3.83. The van der Waals surface area contributed by atoms with Crippen LogP contribution in [0, 0.1) is 0 Å². The number of benzene rings is 1. The Balaban J connectivity index is 2.14. The molecule has 0 fully saturated rings. The van der Waals surface area contributed by atoms with Gasteiger partial charge in [-0.1, -0.05) is 18.2 Å². The van der Waals surface area contributed by atoms with Crippen LogP contribution in [0.25, 0.3) is 11.3 Å². The first-order chi connectivity index (χ1) is 12.7. The van der Waals surface area contributed by atoms with Crippen molar-refractivity contribution in [2.45, 2.75) is 0 Å². The first kappa shape index (κ1) is 17.2. The lowest BCUT2D eigenvalue weighted by Gasteiger charge is -2.23. The molecule has 1 N–H and O–H groups in total. The normalized spacial score (nSPS) is 13.5. The van der Waals surface area contributed by atoms with Gasteiger partial charge >= 0.3 is 11.9 Å². The Hall–Kier alpha value is -3.61. The van der Waals surface area contributed by atoms with E-state index in [9.17, 15) is 9.59 Å². The maximum atomic E-state index is 12.4. The Morgan fingerprint density at radius 2 is 1.88 bits per heavy atom. The molecule has 0 bridgehead atoms. The van der Waals surface area contributed by atoms with E-state index < -0.39 is 11.9 Å². The number of aromatic nitrogens is 2. The van der Waals surface area contributed by atoms with Gasteiger partial charge in [0, 0.05) is 23.6 Å². The number of H-pyrrole nitrogens is 1. The summed E-state index contributed by atoms with van der Waals surface area (Å²) in [5.74, 6) is -1.27. The predicted molar refractivity (Wildman–Crippen MR) is 95.8 cm³/mol. The molecule has 0 spiro atoms. The molecule has 0 amide bonds.